The topological polar surface area (TPSA) is 70.5 Å². The summed E-state index contributed by atoms with van der Waals surface area (Å²) in [5.74, 6) is -0.0158. The van der Waals surface area contributed by atoms with Crippen molar-refractivity contribution in [1.82, 2.24) is 24.9 Å². The molecule has 27 heavy (non-hydrogen) atoms. The van der Waals surface area contributed by atoms with Crippen LogP contribution < -0.4 is 5.32 Å². The van der Waals surface area contributed by atoms with Crippen molar-refractivity contribution >= 4 is 11.8 Å². The smallest absolute Gasteiger partial charge is 0.242 e. The maximum absolute atomic E-state index is 12.4. The van der Waals surface area contributed by atoms with Gasteiger partial charge in [-0.05, 0) is 32.3 Å². The molecule has 0 bridgehead atoms. The van der Waals surface area contributed by atoms with Crippen molar-refractivity contribution in [3.8, 4) is 0 Å². The SMILES string of the molecule is CC(C(=O)NCc1cc2n(n1)CCN(C1CCCCC1)C2)N1CCCC1=O. The van der Waals surface area contributed by atoms with Crippen molar-refractivity contribution in [3.63, 3.8) is 0 Å². The van der Waals surface area contributed by atoms with E-state index in [-0.39, 0.29) is 11.8 Å². The molecular weight excluding hydrogens is 342 g/mol. The van der Waals surface area contributed by atoms with Gasteiger partial charge < -0.3 is 10.2 Å². The molecule has 1 unspecified atom stereocenters. The summed E-state index contributed by atoms with van der Waals surface area (Å²) in [5, 5.41) is 7.63. The molecule has 2 fully saturated rings. The maximum Gasteiger partial charge on any atom is 0.242 e. The fourth-order valence-electron chi connectivity index (χ4n) is 4.74. The second kappa shape index (κ2) is 8.00. The van der Waals surface area contributed by atoms with E-state index in [0.717, 1.165) is 37.8 Å². The van der Waals surface area contributed by atoms with E-state index >= 15 is 0 Å². The summed E-state index contributed by atoms with van der Waals surface area (Å²) in [6.45, 7) is 5.87. The molecule has 1 aliphatic carbocycles. The first kappa shape index (κ1) is 18.5. The number of amides is 2. The minimum Gasteiger partial charge on any atom is -0.349 e. The second-order valence-corrected chi connectivity index (χ2v) is 8.20. The molecule has 7 nitrogen and oxygen atoms in total. The van der Waals surface area contributed by atoms with Crippen LogP contribution in [0.25, 0.3) is 0 Å². The van der Waals surface area contributed by atoms with Gasteiger partial charge in [-0.25, -0.2) is 0 Å². The van der Waals surface area contributed by atoms with Crippen LogP contribution >= 0.6 is 0 Å². The van der Waals surface area contributed by atoms with Crippen LogP contribution in [0, 0.1) is 0 Å². The summed E-state index contributed by atoms with van der Waals surface area (Å²) >= 11 is 0. The highest BCUT2D eigenvalue weighted by Gasteiger charge is 2.30. The normalized spacial score (nSPS) is 22.7. The van der Waals surface area contributed by atoms with E-state index in [9.17, 15) is 9.59 Å². The van der Waals surface area contributed by atoms with Gasteiger partial charge in [0, 0.05) is 32.1 Å². The van der Waals surface area contributed by atoms with Gasteiger partial charge in [0.1, 0.15) is 6.04 Å². The second-order valence-electron chi connectivity index (χ2n) is 8.20. The monoisotopic (exact) mass is 373 g/mol. The lowest BCUT2D eigenvalue weighted by molar-refractivity contribution is -0.136. The van der Waals surface area contributed by atoms with Gasteiger partial charge in [-0.1, -0.05) is 19.3 Å². The molecular formula is C20H31N5O2. The van der Waals surface area contributed by atoms with E-state index in [0.29, 0.717) is 19.5 Å². The van der Waals surface area contributed by atoms with Gasteiger partial charge in [-0.3, -0.25) is 19.2 Å². The Kier molecular flexibility index (Phi) is 5.48. The Bertz CT molecular complexity index is 695. The fraction of sp³-hybridized carbons (Fsp3) is 0.750. The van der Waals surface area contributed by atoms with Gasteiger partial charge in [0.2, 0.25) is 11.8 Å². The summed E-state index contributed by atoms with van der Waals surface area (Å²) in [5.41, 5.74) is 2.16. The molecule has 0 spiro atoms. The van der Waals surface area contributed by atoms with Crippen molar-refractivity contribution in [1.29, 1.82) is 0 Å². The molecule has 2 amide bonds. The van der Waals surface area contributed by atoms with E-state index < -0.39 is 6.04 Å². The molecule has 1 saturated carbocycles. The number of rotatable bonds is 5. The summed E-state index contributed by atoms with van der Waals surface area (Å²) in [6.07, 6.45) is 8.15. The first-order valence-electron chi connectivity index (χ1n) is 10.5. The average Bonchev–Trinajstić information content (AvgIpc) is 3.31. The molecule has 4 rings (SSSR count). The molecule has 0 radical (unpaired) electrons. The molecule has 0 aromatic carbocycles. The molecule has 1 N–H and O–H groups in total. The molecule has 1 atom stereocenters. The predicted molar refractivity (Wildman–Crippen MR) is 102 cm³/mol. The Morgan fingerprint density at radius 2 is 2.04 bits per heavy atom. The van der Waals surface area contributed by atoms with Crippen LogP contribution in [0.15, 0.2) is 6.07 Å². The number of hydrogen-bond donors (Lipinski definition) is 1. The molecule has 3 heterocycles. The highest BCUT2D eigenvalue weighted by atomic mass is 16.2. The van der Waals surface area contributed by atoms with E-state index in [1.807, 2.05) is 0 Å². The standard InChI is InChI=1S/C20H31N5O2/c1-15(24-9-5-8-19(24)26)20(27)21-13-16-12-18-14-23(10-11-25(18)22-16)17-6-3-2-4-7-17/h12,15,17H,2-11,13-14H2,1H3,(H,21,27). The first-order valence-corrected chi connectivity index (χ1v) is 10.5. The number of likely N-dealkylation sites (tertiary alicyclic amines) is 1. The number of hydrogen-bond acceptors (Lipinski definition) is 4. The third-order valence-corrected chi connectivity index (χ3v) is 6.37. The van der Waals surface area contributed by atoms with E-state index in [1.54, 1.807) is 11.8 Å². The summed E-state index contributed by atoms with van der Waals surface area (Å²) < 4.78 is 2.09. The number of fused-ring (bicyclic) bond motifs is 1. The van der Waals surface area contributed by atoms with Gasteiger partial charge in [0.25, 0.3) is 0 Å². The number of nitrogens with zero attached hydrogens (tertiary/aromatic N) is 4. The number of carbonyl (C=O) groups is 2. The van der Waals surface area contributed by atoms with Crippen LogP contribution in [0.1, 0.15) is 63.3 Å². The Morgan fingerprint density at radius 1 is 1.22 bits per heavy atom. The molecule has 7 heteroatoms. The van der Waals surface area contributed by atoms with Crippen LogP contribution in [-0.4, -0.2) is 56.6 Å². The van der Waals surface area contributed by atoms with Crippen LogP contribution in [0.4, 0.5) is 0 Å². The van der Waals surface area contributed by atoms with Crippen molar-refractivity contribution < 1.29 is 9.59 Å². The van der Waals surface area contributed by atoms with E-state index in [2.05, 4.69) is 26.1 Å². The number of carbonyl (C=O) groups excluding carboxylic acids is 2. The van der Waals surface area contributed by atoms with Gasteiger partial charge in [-0.2, -0.15) is 5.10 Å². The van der Waals surface area contributed by atoms with Gasteiger partial charge in [0.15, 0.2) is 0 Å². The van der Waals surface area contributed by atoms with Crippen molar-refractivity contribution in [2.45, 2.75) is 83.6 Å². The third kappa shape index (κ3) is 4.03. The predicted octanol–water partition coefficient (Wildman–Crippen LogP) is 1.66. The third-order valence-electron chi connectivity index (χ3n) is 6.37. The van der Waals surface area contributed by atoms with E-state index in [4.69, 9.17) is 0 Å². The minimum atomic E-state index is -0.404. The van der Waals surface area contributed by atoms with Crippen LogP contribution in [0.2, 0.25) is 0 Å². The molecule has 2 aliphatic heterocycles. The van der Waals surface area contributed by atoms with Crippen molar-refractivity contribution in [3.05, 3.63) is 17.5 Å². The lowest BCUT2D eigenvalue weighted by atomic mass is 9.94. The van der Waals surface area contributed by atoms with Gasteiger partial charge in [0.05, 0.1) is 24.5 Å². The summed E-state index contributed by atoms with van der Waals surface area (Å²) in [6, 6.07) is 2.45. The highest BCUT2D eigenvalue weighted by Crippen LogP contribution is 2.26. The quantitative estimate of drug-likeness (QED) is 0.852. The number of aromatic nitrogens is 2. The molecule has 1 aromatic rings. The Labute approximate surface area is 161 Å². The summed E-state index contributed by atoms with van der Waals surface area (Å²) in [4.78, 5) is 28.5. The highest BCUT2D eigenvalue weighted by molar-refractivity contribution is 5.88. The minimum absolute atomic E-state index is 0.0814. The molecule has 148 valence electrons. The van der Waals surface area contributed by atoms with Crippen LogP contribution in [-0.2, 0) is 29.2 Å². The Balaban J connectivity index is 1.31. The fourth-order valence-corrected chi connectivity index (χ4v) is 4.74. The van der Waals surface area contributed by atoms with Crippen LogP contribution in [0.5, 0.6) is 0 Å². The zero-order valence-corrected chi connectivity index (χ0v) is 16.3. The molecule has 3 aliphatic rings. The zero-order chi connectivity index (χ0) is 18.8. The average molecular weight is 374 g/mol. The van der Waals surface area contributed by atoms with Crippen molar-refractivity contribution in [2.75, 3.05) is 13.1 Å². The lowest BCUT2D eigenvalue weighted by Crippen LogP contribution is -2.45. The largest absolute Gasteiger partial charge is 0.349 e. The lowest BCUT2D eigenvalue weighted by Gasteiger charge is -2.36. The van der Waals surface area contributed by atoms with Crippen LogP contribution in [0.3, 0.4) is 0 Å². The summed E-state index contributed by atoms with van der Waals surface area (Å²) in [7, 11) is 0. The number of nitrogens with one attached hydrogen (secondary N) is 1. The molecule has 1 aromatic heterocycles. The van der Waals surface area contributed by atoms with Crippen molar-refractivity contribution in [2.24, 2.45) is 0 Å². The Hall–Kier alpha value is -1.89. The maximum atomic E-state index is 12.4. The van der Waals surface area contributed by atoms with Gasteiger partial charge >= 0.3 is 0 Å². The Morgan fingerprint density at radius 3 is 2.78 bits per heavy atom. The zero-order valence-electron chi connectivity index (χ0n) is 16.3. The first-order chi connectivity index (χ1) is 13.1. The van der Waals surface area contributed by atoms with Gasteiger partial charge in [-0.15, -0.1) is 0 Å². The van der Waals surface area contributed by atoms with E-state index in [1.165, 1.54) is 37.8 Å². The molecule has 1 saturated heterocycles.